The van der Waals surface area contributed by atoms with E-state index in [1.807, 2.05) is 6.20 Å². The molecule has 1 aliphatic rings. The molecule has 1 atom stereocenters. The quantitative estimate of drug-likeness (QED) is 0.843. The van der Waals surface area contributed by atoms with Crippen molar-refractivity contribution in [2.45, 2.75) is 19.0 Å². The second kappa shape index (κ2) is 4.51. The summed E-state index contributed by atoms with van der Waals surface area (Å²) in [5.74, 6) is 0. The molecule has 1 unspecified atom stereocenters. The van der Waals surface area contributed by atoms with E-state index in [0.29, 0.717) is 6.04 Å². The fourth-order valence-electron chi connectivity index (χ4n) is 2.57. The molecule has 0 aliphatic carbocycles. The Balaban J connectivity index is 1.64. The predicted molar refractivity (Wildman–Crippen MR) is 71.0 cm³/mol. The Labute approximate surface area is 102 Å². The van der Waals surface area contributed by atoms with Crippen LogP contribution in [0.2, 0.25) is 0 Å². The summed E-state index contributed by atoms with van der Waals surface area (Å²) in [5.41, 5.74) is 2.59. The molecule has 1 saturated heterocycles. The first-order valence-corrected chi connectivity index (χ1v) is 6.29. The lowest BCUT2D eigenvalue weighted by atomic mass is 10.1. The zero-order valence-electron chi connectivity index (χ0n) is 10.2. The first-order chi connectivity index (χ1) is 8.31. The summed E-state index contributed by atoms with van der Waals surface area (Å²) in [6, 6.07) is 9.39. The number of rotatable bonds is 3. The maximum Gasteiger partial charge on any atom is 0.0457 e. The van der Waals surface area contributed by atoms with Gasteiger partial charge in [-0.1, -0.05) is 12.1 Å². The van der Waals surface area contributed by atoms with Gasteiger partial charge in [0.2, 0.25) is 0 Å². The SMILES string of the molecule is CN1CCC(NCc2ccc3cc[nH]c3c2)C1. The molecule has 0 spiro atoms. The molecule has 3 rings (SSSR count). The van der Waals surface area contributed by atoms with Crippen molar-refractivity contribution < 1.29 is 0 Å². The molecule has 3 heteroatoms. The minimum absolute atomic E-state index is 0.652. The van der Waals surface area contributed by atoms with Gasteiger partial charge in [-0.3, -0.25) is 0 Å². The van der Waals surface area contributed by atoms with Crippen molar-refractivity contribution in [2.75, 3.05) is 20.1 Å². The monoisotopic (exact) mass is 229 g/mol. The Morgan fingerprint density at radius 1 is 1.41 bits per heavy atom. The minimum atomic E-state index is 0.652. The number of fused-ring (bicyclic) bond motifs is 1. The number of benzene rings is 1. The fraction of sp³-hybridized carbons (Fsp3) is 0.429. The van der Waals surface area contributed by atoms with Gasteiger partial charge in [-0.2, -0.15) is 0 Å². The molecule has 2 aromatic rings. The van der Waals surface area contributed by atoms with E-state index in [1.165, 1.54) is 36.0 Å². The standard InChI is InChI=1S/C14H19N3/c1-17-7-5-13(10-17)16-9-11-2-3-12-4-6-15-14(12)8-11/h2-4,6,8,13,15-16H,5,7,9-10H2,1H3. The van der Waals surface area contributed by atoms with Crippen molar-refractivity contribution in [1.82, 2.24) is 15.2 Å². The molecule has 1 aliphatic heterocycles. The summed E-state index contributed by atoms with van der Waals surface area (Å²) >= 11 is 0. The molecule has 0 bridgehead atoms. The van der Waals surface area contributed by atoms with E-state index < -0.39 is 0 Å². The molecule has 2 heterocycles. The lowest BCUT2D eigenvalue weighted by Gasteiger charge is -2.12. The number of nitrogens with zero attached hydrogens (tertiary/aromatic N) is 1. The summed E-state index contributed by atoms with van der Waals surface area (Å²) in [7, 11) is 2.19. The molecule has 3 nitrogen and oxygen atoms in total. The Morgan fingerprint density at radius 2 is 2.35 bits per heavy atom. The van der Waals surface area contributed by atoms with E-state index in [-0.39, 0.29) is 0 Å². The second-order valence-electron chi connectivity index (χ2n) is 5.03. The molecule has 1 fully saturated rings. The van der Waals surface area contributed by atoms with E-state index in [9.17, 15) is 0 Å². The van der Waals surface area contributed by atoms with Crippen molar-refractivity contribution in [3.8, 4) is 0 Å². The van der Waals surface area contributed by atoms with Crippen LogP contribution >= 0.6 is 0 Å². The van der Waals surface area contributed by atoms with Crippen molar-refractivity contribution in [3.05, 3.63) is 36.0 Å². The van der Waals surface area contributed by atoms with Crippen molar-refractivity contribution in [2.24, 2.45) is 0 Å². The van der Waals surface area contributed by atoms with Crippen LogP contribution in [-0.2, 0) is 6.54 Å². The number of hydrogen-bond donors (Lipinski definition) is 2. The first kappa shape index (κ1) is 10.8. The van der Waals surface area contributed by atoms with Crippen LogP contribution < -0.4 is 5.32 Å². The number of hydrogen-bond acceptors (Lipinski definition) is 2. The molecule has 2 N–H and O–H groups in total. The third kappa shape index (κ3) is 2.35. The Kier molecular flexibility index (Phi) is 2.87. The highest BCUT2D eigenvalue weighted by Crippen LogP contribution is 2.14. The third-order valence-electron chi connectivity index (χ3n) is 3.61. The van der Waals surface area contributed by atoms with Gasteiger partial charge in [0.25, 0.3) is 0 Å². The molecular weight excluding hydrogens is 210 g/mol. The Bertz CT molecular complexity index is 503. The van der Waals surface area contributed by atoms with Crippen LogP contribution in [0, 0.1) is 0 Å². The number of H-pyrrole nitrogens is 1. The summed E-state index contributed by atoms with van der Waals surface area (Å²) in [5, 5.41) is 4.92. The van der Waals surface area contributed by atoms with Gasteiger partial charge in [-0.05, 0) is 43.1 Å². The van der Waals surface area contributed by atoms with Crippen LogP contribution in [-0.4, -0.2) is 36.1 Å². The zero-order chi connectivity index (χ0) is 11.7. The van der Waals surface area contributed by atoms with E-state index >= 15 is 0 Å². The van der Waals surface area contributed by atoms with Crippen molar-refractivity contribution in [3.63, 3.8) is 0 Å². The summed E-state index contributed by atoms with van der Waals surface area (Å²) in [4.78, 5) is 5.64. The molecule has 0 radical (unpaired) electrons. The van der Waals surface area contributed by atoms with Crippen LogP contribution in [0.1, 0.15) is 12.0 Å². The lowest BCUT2D eigenvalue weighted by molar-refractivity contribution is 0.398. The highest BCUT2D eigenvalue weighted by molar-refractivity contribution is 5.79. The maximum atomic E-state index is 3.63. The summed E-state index contributed by atoms with van der Waals surface area (Å²) in [6.07, 6.45) is 3.26. The molecule has 0 saturated carbocycles. The third-order valence-corrected chi connectivity index (χ3v) is 3.61. The van der Waals surface area contributed by atoms with Crippen LogP contribution in [0.25, 0.3) is 10.9 Å². The van der Waals surface area contributed by atoms with Gasteiger partial charge in [0.05, 0.1) is 0 Å². The van der Waals surface area contributed by atoms with Gasteiger partial charge in [-0.15, -0.1) is 0 Å². The van der Waals surface area contributed by atoms with E-state index in [2.05, 4.69) is 46.5 Å². The Morgan fingerprint density at radius 3 is 3.18 bits per heavy atom. The van der Waals surface area contributed by atoms with Crippen LogP contribution in [0.3, 0.4) is 0 Å². The van der Waals surface area contributed by atoms with E-state index in [0.717, 1.165) is 6.54 Å². The topological polar surface area (TPSA) is 31.1 Å². The highest BCUT2D eigenvalue weighted by Gasteiger charge is 2.18. The van der Waals surface area contributed by atoms with E-state index in [4.69, 9.17) is 0 Å². The highest BCUT2D eigenvalue weighted by atomic mass is 15.2. The van der Waals surface area contributed by atoms with Gasteiger partial charge in [0, 0.05) is 30.8 Å². The normalized spacial score (nSPS) is 21.4. The Hall–Kier alpha value is -1.32. The maximum absolute atomic E-state index is 3.63. The lowest BCUT2D eigenvalue weighted by Crippen LogP contribution is -2.30. The fourth-order valence-corrected chi connectivity index (χ4v) is 2.57. The average molecular weight is 229 g/mol. The summed E-state index contributed by atoms with van der Waals surface area (Å²) < 4.78 is 0. The van der Waals surface area contributed by atoms with Crippen LogP contribution in [0.5, 0.6) is 0 Å². The zero-order valence-corrected chi connectivity index (χ0v) is 10.2. The van der Waals surface area contributed by atoms with Gasteiger partial charge in [0.15, 0.2) is 0 Å². The number of aromatic amines is 1. The van der Waals surface area contributed by atoms with Crippen molar-refractivity contribution >= 4 is 10.9 Å². The largest absolute Gasteiger partial charge is 0.361 e. The van der Waals surface area contributed by atoms with Crippen LogP contribution in [0.4, 0.5) is 0 Å². The first-order valence-electron chi connectivity index (χ1n) is 6.29. The van der Waals surface area contributed by atoms with Gasteiger partial charge < -0.3 is 15.2 Å². The second-order valence-corrected chi connectivity index (χ2v) is 5.03. The number of nitrogens with one attached hydrogen (secondary N) is 2. The molecule has 17 heavy (non-hydrogen) atoms. The number of likely N-dealkylation sites (tertiary alicyclic amines) is 1. The number of aromatic nitrogens is 1. The molecule has 90 valence electrons. The van der Waals surface area contributed by atoms with Gasteiger partial charge in [0.1, 0.15) is 0 Å². The minimum Gasteiger partial charge on any atom is -0.361 e. The molecule has 1 aromatic carbocycles. The predicted octanol–water partition coefficient (Wildman–Crippen LogP) is 1.96. The van der Waals surface area contributed by atoms with Crippen LogP contribution in [0.15, 0.2) is 30.5 Å². The molecular formula is C14H19N3. The van der Waals surface area contributed by atoms with E-state index in [1.54, 1.807) is 0 Å². The number of likely N-dealkylation sites (N-methyl/N-ethyl adjacent to an activating group) is 1. The summed E-state index contributed by atoms with van der Waals surface area (Å²) in [6.45, 7) is 3.35. The van der Waals surface area contributed by atoms with Gasteiger partial charge >= 0.3 is 0 Å². The smallest absolute Gasteiger partial charge is 0.0457 e. The molecule has 1 aromatic heterocycles. The average Bonchev–Trinajstić information content (AvgIpc) is 2.94. The molecule has 0 amide bonds. The van der Waals surface area contributed by atoms with Gasteiger partial charge in [-0.25, -0.2) is 0 Å². The van der Waals surface area contributed by atoms with Crippen molar-refractivity contribution in [1.29, 1.82) is 0 Å².